The first-order chi connectivity index (χ1) is 4.61. The van der Waals surface area contributed by atoms with Crippen molar-refractivity contribution < 1.29 is 5.11 Å². The molecule has 2 nitrogen and oxygen atoms in total. The van der Waals surface area contributed by atoms with Gasteiger partial charge < -0.3 is 10.4 Å². The molecule has 56 valence electrons. The van der Waals surface area contributed by atoms with E-state index in [1.54, 1.807) is 0 Å². The van der Waals surface area contributed by atoms with Crippen LogP contribution in [0.2, 0.25) is 0 Å². The molecule has 0 bridgehead atoms. The number of aliphatic hydroxyl groups is 1. The summed E-state index contributed by atoms with van der Waals surface area (Å²) in [5, 5.41) is 12.4. The molecule has 0 aromatic rings. The van der Waals surface area contributed by atoms with Gasteiger partial charge >= 0.3 is 0 Å². The van der Waals surface area contributed by atoms with Crippen LogP contribution in [0.4, 0.5) is 0 Å². The van der Waals surface area contributed by atoms with Crippen molar-refractivity contribution in [3.8, 4) is 0 Å². The van der Waals surface area contributed by atoms with Crippen molar-refractivity contribution in [1.82, 2.24) is 5.32 Å². The number of aliphatic hydroxyl groups excluding tert-OH is 1. The molecule has 0 saturated carbocycles. The van der Waals surface area contributed by atoms with Crippen LogP contribution in [0, 0.1) is 0 Å². The Kier molecular flexibility index (Phi) is 1.70. The molecule has 1 aliphatic rings. The highest BCUT2D eigenvalue weighted by Gasteiger charge is 2.11. The highest BCUT2D eigenvalue weighted by Crippen LogP contribution is 2.15. The van der Waals surface area contributed by atoms with E-state index in [0.717, 1.165) is 11.3 Å². The lowest BCUT2D eigenvalue weighted by Crippen LogP contribution is -2.27. The van der Waals surface area contributed by atoms with E-state index in [1.165, 1.54) is 0 Å². The molecular formula is C8H13NO. The van der Waals surface area contributed by atoms with Crippen LogP contribution in [0.1, 0.15) is 20.8 Å². The second-order valence-corrected chi connectivity index (χ2v) is 2.76. The lowest BCUT2D eigenvalue weighted by Gasteiger charge is -2.19. The van der Waals surface area contributed by atoms with E-state index >= 15 is 0 Å². The molecule has 0 aromatic carbocycles. The fourth-order valence-electron chi connectivity index (χ4n) is 1.20. The van der Waals surface area contributed by atoms with Gasteiger partial charge in [0.1, 0.15) is 5.76 Å². The lowest BCUT2D eigenvalue weighted by atomic mass is 10.1. The minimum atomic E-state index is 0.343. The maximum Gasteiger partial charge on any atom is 0.136 e. The number of dihydropyridines is 1. The first-order valence-corrected chi connectivity index (χ1v) is 3.46. The summed E-state index contributed by atoms with van der Waals surface area (Å²) in [6, 6.07) is 0.343. The Morgan fingerprint density at radius 2 is 2.10 bits per heavy atom. The Morgan fingerprint density at radius 1 is 1.50 bits per heavy atom. The van der Waals surface area contributed by atoms with Crippen LogP contribution in [0.3, 0.4) is 0 Å². The minimum absolute atomic E-state index is 0.343. The summed E-state index contributed by atoms with van der Waals surface area (Å²) in [5.74, 6) is 0.387. The average molecular weight is 139 g/mol. The van der Waals surface area contributed by atoms with Crippen molar-refractivity contribution in [2.75, 3.05) is 0 Å². The predicted octanol–water partition coefficient (Wildman–Crippen LogP) is 1.71. The van der Waals surface area contributed by atoms with Crippen LogP contribution < -0.4 is 5.32 Å². The minimum Gasteiger partial charge on any atom is -0.506 e. The second-order valence-electron chi connectivity index (χ2n) is 2.76. The first kappa shape index (κ1) is 7.19. The molecule has 1 rings (SSSR count). The molecule has 1 heterocycles. The summed E-state index contributed by atoms with van der Waals surface area (Å²) in [5.41, 5.74) is 1.83. The summed E-state index contributed by atoms with van der Waals surface area (Å²) < 4.78 is 0. The normalized spacial score (nSPS) is 25.9. The Morgan fingerprint density at radius 3 is 2.60 bits per heavy atom. The van der Waals surface area contributed by atoms with Gasteiger partial charge in [-0.2, -0.15) is 0 Å². The first-order valence-electron chi connectivity index (χ1n) is 3.46. The monoisotopic (exact) mass is 139 g/mol. The maximum atomic E-state index is 9.31. The molecule has 0 aliphatic carbocycles. The number of nitrogens with one attached hydrogen (secondary N) is 1. The van der Waals surface area contributed by atoms with Crippen LogP contribution in [0.25, 0.3) is 0 Å². The standard InChI is InChI=1S/C8H13NO/c1-5-4-6(2)9-7(3)8(5)10/h4,6,9-10H,1-3H3. The third kappa shape index (κ3) is 1.15. The molecule has 0 fully saturated rings. The third-order valence-corrected chi connectivity index (χ3v) is 1.67. The predicted molar refractivity (Wildman–Crippen MR) is 41.7 cm³/mol. The van der Waals surface area contributed by atoms with Gasteiger partial charge in [0.15, 0.2) is 0 Å². The number of allylic oxidation sites excluding steroid dienone is 2. The molecule has 10 heavy (non-hydrogen) atoms. The molecule has 1 aliphatic heterocycles. The van der Waals surface area contributed by atoms with Gasteiger partial charge in [-0.3, -0.25) is 0 Å². The maximum absolute atomic E-state index is 9.31. The average Bonchev–Trinajstić information content (AvgIpc) is 1.82. The third-order valence-electron chi connectivity index (χ3n) is 1.67. The van der Waals surface area contributed by atoms with Gasteiger partial charge in [0.2, 0.25) is 0 Å². The molecule has 0 spiro atoms. The smallest absolute Gasteiger partial charge is 0.136 e. The van der Waals surface area contributed by atoms with Crippen LogP contribution in [-0.2, 0) is 0 Å². The Bertz CT molecular complexity index is 203. The largest absolute Gasteiger partial charge is 0.506 e. The van der Waals surface area contributed by atoms with Crippen LogP contribution in [0.15, 0.2) is 23.1 Å². The van der Waals surface area contributed by atoms with E-state index in [-0.39, 0.29) is 0 Å². The molecule has 0 aromatic heterocycles. The van der Waals surface area contributed by atoms with Gasteiger partial charge in [0.05, 0.1) is 5.70 Å². The fourth-order valence-corrected chi connectivity index (χ4v) is 1.20. The summed E-state index contributed by atoms with van der Waals surface area (Å²) in [6.45, 7) is 5.85. The Balaban J connectivity index is 2.90. The van der Waals surface area contributed by atoms with Crippen LogP contribution >= 0.6 is 0 Å². The number of hydrogen-bond acceptors (Lipinski definition) is 2. The fraction of sp³-hybridized carbons (Fsp3) is 0.500. The Hall–Kier alpha value is -0.920. The molecule has 0 saturated heterocycles. The van der Waals surface area contributed by atoms with Crippen molar-refractivity contribution in [3.63, 3.8) is 0 Å². The molecule has 0 radical (unpaired) electrons. The molecular weight excluding hydrogens is 126 g/mol. The summed E-state index contributed by atoms with van der Waals surface area (Å²) in [6.07, 6.45) is 2.00. The summed E-state index contributed by atoms with van der Waals surface area (Å²) in [4.78, 5) is 0. The van der Waals surface area contributed by atoms with Crippen molar-refractivity contribution in [2.45, 2.75) is 26.8 Å². The zero-order valence-electron chi connectivity index (χ0n) is 6.60. The second kappa shape index (κ2) is 2.37. The van der Waals surface area contributed by atoms with Crippen LogP contribution in [0.5, 0.6) is 0 Å². The van der Waals surface area contributed by atoms with Gasteiger partial charge in [-0.1, -0.05) is 6.08 Å². The van der Waals surface area contributed by atoms with Crippen molar-refractivity contribution in [1.29, 1.82) is 0 Å². The van der Waals surface area contributed by atoms with E-state index in [4.69, 9.17) is 0 Å². The molecule has 1 atom stereocenters. The van der Waals surface area contributed by atoms with Crippen LogP contribution in [-0.4, -0.2) is 11.1 Å². The van der Waals surface area contributed by atoms with Gasteiger partial charge in [-0.25, -0.2) is 0 Å². The van der Waals surface area contributed by atoms with Gasteiger partial charge in [-0.15, -0.1) is 0 Å². The van der Waals surface area contributed by atoms with E-state index in [9.17, 15) is 5.11 Å². The van der Waals surface area contributed by atoms with Gasteiger partial charge in [0.25, 0.3) is 0 Å². The van der Waals surface area contributed by atoms with Crippen molar-refractivity contribution >= 4 is 0 Å². The topological polar surface area (TPSA) is 32.3 Å². The van der Waals surface area contributed by atoms with Gasteiger partial charge in [-0.05, 0) is 26.3 Å². The van der Waals surface area contributed by atoms with E-state index in [1.807, 2.05) is 19.9 Å². The Labute approximate surface area is 61.3 Å². The summed E-state index contributed by atoms with van der Waals surface area (Å²) in [7, 11) is 0. The quantitative estimate of drug-likeness (QED) is 0.535. The molecule has 2 heteroatoms. The molecule has 1 unspecified atom stereocenters. The molecule has 2 N–H and O–H groups in total. The zero-order valence-corrected chi connectivity index (χ0v) is 6.60. The van der Waals surface area contributed by atoms with Crippen molar-refractivity contribution in [2.24, 2.45) is 0 Å². The number of hydrogen-bond donors (Lipinski definition) is 2. The highest BCUT2D eigenvalue weighted by molar-refractivity contribution is 5.31. The molecule has 0 amide bonds. The van der Waals surface area contributed by atoms with E-state index in [0.29, 0.717) is 11.8 Å². The van der Waals surface area contributed by atoms with E-state index < -0.39 is 0 Å². The summed E-state index contributed by atoms with van der Waals surface area (Å²) >= 11 is 0. The lowest BCUT2D eigenvalue weighted by molar-refractivity contribution is 0.401. The van der Waals surface area contributed by atoms with Gasteiger partial charge in [0, 0.05) is 6.04 Å². The number of rotatable bonds is 0. The SMILES string of the molecule is CC1=CC(C)NC(C)=C1O. The highest BCUT2D eigenvalue weighted by atomic mass is 16.3. The van der Waals surface area contributed by atoms with E-state index in [2.05, 4.69) is 12.2 Å². The van der Waals surface area contributed by atoms with Crippen molar-refractivity contribution in [3.05, 3.63) is 23.1 Å². The zero-order chi connectivity index (χ0) is 7.72.